The summed E-state index contributed by atoms with van der Waals surface area (Å²) in [5.74, 6) is 1.02. The second-order valence-electron chi connectivity index (χ2n) is 6.30. The van der Waals surface area contributed by atoms with Gasteiger partial charge in [0.05, 0.1) is 6.61 Å². The van der Waals surface area contributed by atoms with Gasteiger partial charge in [-0.1, -0.05) is 38.1 Å². The lowest BCUT2D eigenvalue weighted by molar-refractivity contribution is 0.291. The SMILES string of the molecule is CC(N)c1cccc(-c2ccc3c(c2)C(C)(C)CO3)c1. The van der Waals surface area contributed by atoms with Crippen molar-refractivity contribution in [1.29, 1.82) is 0 Å². The van der Waals surface area contributed by atoms with Crippen molar-refractivity contribution < 1.29 is 4.74 Å². The minimum atomic E-state index is 0.0594. The minimum Gasteiger partial charge on any atom is -0.492 e. The Hall–Kier alpha value is -1.80. The normalized spacial score (nSPS) is 17.4. The molecular formula is C18H21NO. The van der Waals surface area contributed by atoms with E-state index in [4.69, 9.17) is 10.5 Å². The third-order valence-corrected chi connectivity index (χ3v) is 4.04. The Balaban J connectivity index is 2.06. The molecule has 1 atom stereocenters. The highest BCUT2D eigenvalue weighted by Gasteiger charge is 2.31. The van der Waals surface area contributed by atoms with E-state index < -0.39 is 0 Å². The molecule has 0 saturated heterocycles. The van der Waals surface area contributed by atoms with Crippen LogP contribution >= 0.6 is 0 Å². The number of hydrogen-bond acceptors (Lipinski definition) is 2. The third-order valence-electron chi connectivity index (χ3n) is 4.04. The number of nitrogens with two attached hydrogens (primary N) is 1. The molecule has 1 heterocycles. The standard InChI is InChI=1S/C18H21NO/c1-12(19)13-5-4-6-14(9-13)15-7-8-17-16(10-15)18(2,3)11-20-17/h4-10,12H,11,19H2,1-3H3. The number of fused-ring (bicyclic) bond motifs is 1. The predicted molar refractivity (Wildman–Crippen MR) is 83.0 cm³/mol. The van der Waals surface area contributed by atoms with E-state index in [9.17, 15) is 0 Å². The molecule has 2 aromatic carbocycles. The van der Waals surface area contributed by atoms with E-state index in [1.807, 2.05) is 6.92 Å². The number of rotatable bonds is 2. The van der Waals surface area contributed by atoms with Gasteiger partial charge in [0.1, 0.15) is 5.75 Å². The first-order valence-corrected chi connectivity index (χ1v) is 7.11. The smallest absolute Gasteiger partial charge is 0.123 e. The number of benzene rings is 2. The second kappa shape index (κ2) is 4.64. The van der Waals surface area contributed by atoms with E-state index >= 15 is 0 Å². The van der Waals surface area contributed by atoms with Crippen molar-refractivity contribution >= 4 is 0 Å². The molecule has 0 spiro atoms. The first-order chi connectivity index (χ1) is 9.47. The zero-order valence-corrected chi connectivity index (χ0v) is 12.3. The summed E-state index contributed by atoms with van der Waals surface area (Å²) in [6.07, 6.45) is 0. The van der Waals surface area contributed by atoms with Crippen molar-refractivity contribution in [2.45, 2.75) is 32.2 Å². The molecule has 0 aromatic heterocycles. The molecule has 0 bridgehead atoms. The fraction of sp³-hybridized carbons (Fsp3) is 0.333. The van der Waals surface area contributed by atoms with Crippen molar-refractivity contribution in [2.75, 3.05) is 6.61 Å². The fourth-order valence-electron chi connectivity index (χ4n) is 2.70. The van der Waals surface area contributed by atoms with Gasteiger partial charge in [0.25, 0.3) is 0 Å². The summed E-state index contributed by atoms with van der Waals surface area (Å²) in [6.45, 7) is 7.21. The molecule has 0 amide bonds. The molecule has 2 N–H and O–H groups in total. The molecule has 1 unspecified atom stereocenters. The van der Waals surface area contributed by atoms with E-state index in [-0.39, 0.29) is 11.5 Å². The number of ether oxygens (including phenoxy) is 1. The molecular weight excluding hydrogens is 246 g/mol. The van der Waals surface area contributed by atoms with Crippen LogP contribution in [0.5, 0.6) is 5.75 Å². The van der Waals surface area contributed by atoms with Gasteiger partial charge in [0.15, 0.2) is 0 Å². The van der Waals surface area contributed by atoms with Crippen LogP contribution < -0.4 is 10.5 Å². The molecule has 3 rings (SSSR count). The molecule has 1 aliphatic heterocycles. The highest BCUT2D eigenvalue weighted by Crippen LogP contribution is 2.40. The summed E-state index contributed by atoms with van der Waals surface area (Å²) in [4.78, 5) is 0. The van der Waals surface area contributed by atoms with E-state index in [1.54, 1.807) is 0 Å². The van der Waals surface area contributed by atoms with Gasteiger partial charge in [-0.25, -0.2) is 0 Å². The maximum Gasteiger partial charge on any atom is 0.123 e. The van der Waals surface area contributed by atoms with Crippen LogP contribution in [0, 0.1) is 0 Å². The fourth-order valence-corrected chi connectivity index (χ4v) is 2.70. The van der Waals surface area contributed by atoms with Gasteiger partial charge >= 0.3 is 0 Å². The van der Waals surface area contributed by atoms with Crippen LogP contribution in [0.15, 0.2) is 42.5 Å². The molecule has 0 saturated carbocycles. The van der Waals surface area contributed by atoms with Crippen LogP contribution in [-0.2, 0) is 5.41 Å². The molecule has 2 aromatic rings. The Morgan fingerprint density at radius 3 is 2.60 bits per heavy atom. The minimum absolute atomic E-state index is 0.0594. The van der Waals surface area contributed by atoms with Crippen LogP contribution in [0.1, 0.15) is 37.9 Å². The van der Waals surface area contributed by atoms with Crippen LogP contribution in [0.3, 0.4) is 0 Å². The Morgan fingerprint density at radius 2 is 1.85 bits per heavy atom. The van der Waals surface area contributed by atoms with E-state index in [1.165, 1.54) is 22.3 Å². The lowest BCUT2D eigenvalue weighted by atomic mass is 9.85. The van der Waals surface area contributed by atoms with Crippen molar-refractivity contribution in [3.05, 3.63) is 53.6 Å². The van der Waals surface area contributed by atoms with Gasteiger partial charge in [0, 0.05) is 17.0 Å². The number of hydrogen-bond donors (Lipinski definition) is 1. The van der Waals surface area contributed by atoms with Gasteiger partial charge in [-0.3, -0.25) is 0 Å². The second-order valence-corrected chi connectivity index (χ2v) is 6.30. The lowest BCUT2D eigenvalue weighted by Crippen LogP contribution is -2.18. The average molecular weight is 267 g/mol. The Morgan fingerprint density at radius 1 is 1.10 bits per heavy atom. The van der Waals surface area contributed by atoms with Gasteiger partial charge < -0.3 is 10.5 Å². The third kappa shape index (κ3) is 2.20. The summed E-state index contributed by atoms with van der Waals surface area (Å²) < 4.78 is 5.75. The summed E-state index contributed by atoms with van der Waals surface area (Å²) in [5.41, 5.74) is 11.0. The molecule has 2 nitrogen and oxygen atoms in total. The lowest BCUT2D eigenvalue weighted by Gasteiger charge is -2.16. The van der Waals surface area contributed by atoms with Gasteiger partial charge in [-0.05, 0) is 41.8 Å². The van der Waals surface area contributed by atoms with Crippen LogP contribution in [0.2, 0.25) is 0 Å². The largest absolute Gasteiger partial charge is 0.492 e. The zero-order valence-electron chi connectivity index (χ0n) is 12.3. The molecule has 2 heteroatoms. The van der Waals surface area contributed by atoms with Gasteiger partial charge in [0.2, 0.25) is 0 Å². The first-order valence-electron chi connectivity index (χ1n) is 7.11. The zero-order chi connectivity index (χ0) is 14.3. The van der Waals surface area contributed by atoms with Crippen molar-refractivity contribution in [1.82, 2.24) is 0 Å². The Kier molecular flexibility index (Phi) is 3.06. The van der Waals surface area contributed by atoms with E-state index in [2.05, 4.69) is 56.3 Å². The van der Waals surface area contributed by atoms with Crippen molar-refractivity contribution in [3.63, 3.8) is 0 Å². The summed E-state index contributed by atoms with van der Waals surface area (Å²) in [5, 5.41) is 0. The average Bonchev–Trinajstić information content (AvgIpc) is 2.74. The highest BCUT2D eigenvalue weighted by molar-refractivity contribution is 5.67. The maximum absolute atomic E-state index is 5.97. The Bertz CT molecular complexity index is 644. The quantitative estimate of drug-likeness (QED) is 0.891. The van der Waals surface area contributed by atoms with Crippen LogP contribution in [0.25, 0.3) is 11.1 Å². The molecule has 0 radical (unpaired) electrons. The Labute approximate surface area is 120 Å². The summed E-state index contributed by atoms with van der Waals surface area (Å²) in [6, 6.07) is 15.0. The van der Waals surface area contributed by atoms with Gasteiger partial charge in [-0.2, -0.15) is 0 Å². The summed E-state index contributed by atoms with van der Waals surface area (Å²) in [7, 11) is 0. The van der Waals surface area contributed by atoms with Crippen molar-refractivity contribution in [3.8, 4) is 16.9 Å². The molecule has 20 heavy (non-hydrogen) atoms. The summed E-state index contributed by atoms with van der Waals surface area (Å²) >= 11 is 0. The monoisotopic (exact) mass is 267 g/mol. The topological polar surface area (TPSA) is 35.2 Å². The van der Waals surface area contributed by atoms with Crippen molar-refractivity contribution in [2.24, 2.45) is 5.73 Å². The highest BCUT2D eigenvalue weighted by atomic mass is 16.5. The molecule has 104 valence electrons. The van der Waals surface area contributed by atoms with E-state index in [0.717, 1.165) is 12.4 Å². The molecule has 1 aliphatic rings. The first kappa shape index (κ1) is 13.2. The molecule has 0 fully saturated rings. The van der Waals surface area contributed by atoms with Crippen LogP contribution in [-0.4, -0.2) is 6.61 Å². The predicted octanol–water partition coefficient (Wildman–Crippen LogP) is 4.04. The van der Waals surface area contributed by atoms with E-state index in [0.29, 0.717) is 0 Å². The maximum atomic E-state index is 5.97. The molecule has 0 aliphatic carbocycles. The van der Waals surface area contributed by atoms with Crippen LogP contribution in [0.4, 0.5) is 0 Å². The van der Waals surface area contributed by atoms with Gasteiger partial charge in [-0.15, -0.1) is 0 Å².